The molecular formula is C13H14ClF2N3O. The van der Waals surface area contributed by atoms with E-state index in [4.69, 9.17) is 22.1 Å². The van der Waals surface area contributed by atoms with E-state index in [1.54, 1.807) is 25.1 Å². The molecule has 0 radical (unpaired) electrons. The molecule has 1 atom stereocenters. The lowest BCUT2D eigenvalue weighted by Gasteiger charge is -2.14. The van der Waals surface area contributed by atoms with E-state index >= 15 is 0 Å². The van der Waals surface area contributed by atoms with Gasteiger partial charge in [-0.1, -0.05) is 11.6 Å². The summed E-state index contributed by atoms with van der Waals surface area (Å²) in [4.78, 5) is 3.85. The van der Waals surface area contributed by atoms with Gasteiger partial charge < -0.3 is 10.5 Å². The number of benzene rings is 1. The Morgan fingerprint density at radius 3 is 2.85 bits per heavy atom. The zero-order valence-electron chi connectivity index (χ0n) is 10.8. The molecule has 0 amide bonds. The summed E-state index contributed by atoms with van der Waals surface area (Å²) in [5.41, 5.74) is 6.55. The first-order chi connectivity index (χ1) is 9.49. The maximum Gasteiger partial charge on any atom is 0.320 e. The lowest BCUT2D eigenvalue weighted by atomic mass is 10.1. The molecule has 0 saturated carbocycles. The van der Waals surface area contributed by atoms with Crippen molar-refractivity contribution >= 4 is 11.6 Å². The highest BCUT2D eigenvalue weighted by Crippen LogP contribution is 2.28. The van der Waals surface area contributed by atoms with Crippen LogP contribution in [0.4, 0.5) is 8.78 Å². The molecule has 108 valence electrons. The Bertz CT molecular complexity index is 587. The molecule has 1 heterocycles. The Balaban J connectivity index is 2.17. The summed E-state index contributed by atoms with van der Waals surface area (Å²) in [6, 6.07) is 4.73. The first-order valence-corrected chi connectivity index (χ1v) is 6.34. The van der Waals surface area contributed by atoms with E-state index in [2.05, 4.69) is 4.98 Å². The molecule has 4 nitrogen and oxygen atoms in total. The average molecular weight is 302 g/mol. The van der Waals surface area contributed by atoms with Gasteiger partial charge in [0.2, 0.25) is 0 Å². The Morgan fingerprint density at radius 1 is 1.45 bits per heavy atom. The first kappa shape index (κ1) is 14.7. The Morgan fingerprint density at radius 2 is 2.20 bits per heavy atom. The number of ether oxygens (including phenoxy) is 1. The minimum absolute atomic E-state index is 0.0707. The van der Waals surface area contributed by atoms with Crippen LogP contribution in [0.3, 0.4) is 0 Å². The molecule has 2 N–H and O–H groups in total. The van der Waals surface area contributed by atoms with Crippen LogP contribution < -0.4 is 10.5 Å². The van der Waals surface area contributed by atoms with Crippen LogP contribution in [0.1, 0.15) is 30.9 Å². The molecule has 2 aromatic rings. The number of rotatable bonds is 5. The number of hydrogen-bond acceptors (Lipinski definition) is 3. The number of nitrogens with two attached hydrogens (primary N) is 1. The van der Waals surface area contributed by atoms with Gasteiger partial charge in [0, 0.05) is 29.0 Å². The van der Waals surface area contributed by atoms with E-state index < -0.39 is 6.55 Å². The van der Waals surface area contributed by atoms with E-state index in [1.807, 2.05) is 0 Å². The SMILES string of the molecule is CC(N)c1cc(Cl)ccc1OCc1nccn1C(F)F. The zero-order chi connectivity index (χ0) is 14.7. The highest BCUT2D eigenvalue weighted by atomic mass is 35.5. The van der Waals surface area contributed by atoms with E-state index in [9.17, 15) is 8.78 Å². The average Bonchev–Trinajstić information content (AvgIpc) is 2.85. The monoisotopic (exact) mass is 301 g/mol. The van der Waals surface area contributed by atoms with Gasteiger partial charge in [-0.15, -0.1) is 0 Å². The van der Waals surface area contributed by atoms with Gasteiger partial charge in [-0.05, 0) is 25.1 Å². The molecule has 7 heteroatoms. The van der Waals surface area contributed by atoms with Crippen LogP contribution in [0.5, 0.6) is 5.75 Å². The fourth-order valence-corrected chi connectivity index (χ4v) is 1.96. The quantitative estimate of drug-likeness (QED) is 0.919. The van der Waals surface area contributed by atoms with Gasteiger partial charge in [-0.3, -0.25) is 4.57 Å². The number of halogens is 3. The molecule has 2 rings (SSSR count). The van der Waals surface area contributed by atoms with Crippen LogP contribution in [0.2, 0.25) is 5.02 Å². The van der Waals surface area contributed by atoms with Gasteiger partial charge >= 0.3 is 6.55 Å². The van der Waals surface area contributed by atoms with Crippen molar-refractivity contribution in [3.8, 4) is 5.75 Å². The standard InChI is InChI=1S/C13H14ClF2N3O/c1-8(17)10-6-9(14)2-3-11(10)20-7-12-18-4-5-19(12)13(15)16/h2-6,8,13H,7,17H2,1H3. The van der Waals surface area contributed by atoms with Crippen molar-refractivity contribution in [2.75, 3.05) is 0 Å². The summed E-state index contributed by atoms with van der Waals surface area (Å²) in [5.74, 6) is 0.652. The third-order valence-electron chi connectivity index (χ3n) is 2.78. The number of aromatic nitrogens is 2. The molecule has 1 unspecified atom stereocenters. The van der Waals surface area contributed by atoms with Gasteiger partial charge in [0.05, 0.1) is 0 Å². The van der Waals surface area contributed by atoms with Crippen molar-refractivity contribution in [2.45, 2.75) is 26.1 Å². The van der Waals surface area contributed by atoms with Crippen molar-refractivity contribution in [1.82, 2.24) is 9.55 Å². The van der Waals surface area contributed by atoms with Crippen LogP contribution in [0.15, 0.2) is 30.6 Å². The molecule has 0 saturated heterocycles. The molecule has 1 aromatic carbocycles. The largest absolute Gasteiger partial charge is 0.485 e. The smallest absolute Gasteiger partial charge is 0.320 e. The number of alkyl halides is 2. The predicted octanol–water partition coefficient (Wildman–Crippen LogP) is 3.53. The van der Waals surface area contributed by atoms with Crippen molar-refractivity contribution in [3.05, 3.63) is 47.0 Å². The topological polar surface area (TPSA) is 53.1 Å². The predicted molar refractivity (Wildman–Crippen MR) is 71.9 cm³/mol. The van der Waals surface area contributed by atoms with E-state index in [-0.39, 0.29) is 18.5 Å². The molecule has 1 aromatic heterocycles. The number of imidazole rings is 1. The fourth-order valence-electron chi connectivity index (χ4n) is 1.78. The second-order valence-electron chi connectivity index (χ2n) is 4.29. The fraction of sp³-hybridized carbons (Fsp3) is 0.308. The van der Waals surface area contributed by atoms with Crippen LogP contribution in [-0.4, -0.2) is 9.55 Å². The van der Waals surface area contributed by atoms with Gasteiger partial charge in [-0.2, -0.15) is 8.78 Å². The zero-order valence-corrected chi connectivity index (χ0v) is 11.5. The maximum atomic E-state index is 12.7. The lowest BCUT2D eigenvalue weighted by molar-refractivity contribution is 0.0632. The van der Waals surface area contributed by atoms with Crippen molar-refractivity contribution < 1.29 is 13.5 Å². The number of hydrogen-bond donors (Lipinski definition) is 1. The highest BCUT2D eigenvalue weighted by Gasteiger charge is 2.14. The normalized spacial score (nSPS) is 12.7. The van der Waals surface area contributed by atoms with Gasteiger partial charge in [0.15, 0.2) is 5.82 Å². The third kappa shape index (κ3) is 3.26. The van der Waals surface area contributed by atoms with E-state index in [0.717, 1.165) is 4.57 Å². The second kappa shape index (κ2) is 6.19. The summed E-state index contributed by atoms with van der Waals surface area (Å²) in [5, 5.41) is 0.540. The molecule has 0 spiro atoms. The van der Waals surface area contributed by atoms with Crippen molar-refractivity contribution in [2.24, 2.45) is 5.73 Å². The van der Waals surface area contributed by atoms with E-state index in [1.165, 1.54) is 12.4 Å². The maximum absolute atomic E-state index is 12.7. The second-order valence-corrected chi connectivity index (χ2v) is 4.72. The molecule has 0 aliphatic carbocycles. The van der Waals surface area contributed by atoms with Gasteiger partial charge in [0.25, 0.3) is 0 Å². The summed E-state index contributed by atoms with van der Waals surface area (Å²) in [6.45, 7) is -0.925. The summed E-state index contributed by atoms with van der Waals surface area (Å²) in [7, 11) is 0. The van der Waals surface area contributed by atoms with Crippen LogP contribution >= 0.6 is 11.6 Å². The minimum atomic E-state index is -2.64. The lowest BCUT2D eigenvalue weighted by Crippen LogP contribution is -2.11. The number of nitrogens with zero attached hydrogens (tertiary/aromatic N) is 2. The van der Waals surface area contributed by atoms with E-state index in [0.29, 0.717) is 16.3 Å². The van der Waals surface area contributed by atoms with Gasteiger partial charge in [0.1, 0.15) is 12.4 Å². The highest BCUT2D eigenvalue weighted by molar-refractivity contribution is 6.30. The van der Waals surface area contributed by atoms with Crippen LogP contribution in [-0.2, 0) is 6.61 Å². The van der Waals surface area contributed by atoms with Crippen molar-refractivity contribution in [3.63, 3.8) is 0 Å². The Hall–Kier alpha value is -1.66. The molecule has 20 heavy (non-hydrogen) atoms. The van der Waals surface area contributed by atoms with Crippen LogP contribution in [0.25, 0.3) is 0 Å². The summed E-state index contributed by atoms with van der Waals surface area (Å²) in [6.07, 6.45) is 2.51. The first-order valence-electron chi connectivity index (χ1n) is 5.96. The van der Waals surface area contributed by atoms with Crippen molar-refractivity contribution in [1.29, 1.82) is 0 Å². The third-order valence-corrected chi connectivity index (χ3v) is 3.01. The molecule has 0 aliphatic rings. The Labute approximate surface area is 120 Å². The minimum Gasteiger partial charge on any atom is -0.485 e. The Kier molecular flexibility index (Phi) is 4.57. The molecule has 0 fully saturated rings. The molecule has 0 bridgehead atoms. The van der Waals surface area contributed by atoms with Crippen LogP contribution in [0, 0.1) is 0 Å². The van der Waals surface area contributed by atoms with Gasteiger partial charge in [-0.25, -0.2) is 4.98 Å². The summed E-state index contributed by atoms with van der Waals surface area (Å²) < 4.78 is 31.6. The molecular weight excluding hydrogens is 288 g/mol. The summed E-state index contributed by atoms with van der Waals surface area (Å²) >= 11 is 5.90. The molecule has 0 aliphatic heterocycles.